The van der Waals surface area contributed by atoms with Crippen LogP contribution in [0.4, 0.5) is 0 Å². The van der Waals surface area contributed by atoms with E-state index in [9.17, 15) is 9.59 Å². The lowest BCUT2D eigenvalue weighted by Crippen LogP contribution is -2.07. The fraction of sp³-hybridized carbons (Fsp3) is 0.125. The average Bonchev–Trinajstić information content (AvgIpc) is 2.67. The van der Waals surface area contributed by atoms with Gasteiger partial charge in [0.25, 0.3) is 0 Å². The lowest BCUT2D eigenvalue weighted by atomic mass is 10.1. The van der Waals surface area contributed by atoms with Crippen molar-refractivity contribution in [1.82, 2.24) is 0 Å². The van der Waals surface area contributed by atoms with Gasteiger partial charge in [-0.1, -0.05) is 36.4 Å². The summed E-state index contributed by atoms with van der Waals surface area (Å²) in [5.74, 6) is -0.261. The van der Waals surface area contributed by atoms with Crippen LogP contribution in [0.15, 0.2) is 59.4 Å². The molecule has 0 amide bonds. The van der Waals surface area contributed by atoms with Gasteiger partial charge >= 0.3 is 0 Å². The molecular weight excluding hydrogens is 240 g/mol. The van der Waals surface area contributed by atoms with Gasteiger partial charge in [-0.25, -0.2) is 0 Å². The highest BCUT2D eigenvalue weighted by atomic mass is 16.5. The summed E-state index contributed by atoms with van der Waals surface area (Å²) in [5, 5.41) is 0. The Kier molecular flexibility index (Phi) is 3.76. The summed E-state index contributed by atoms with van der Waals surface area (Å²) in [4.78, 5) is 23.6. The summed E-state index contributed by atoms with van der Waals surface area (Å²) in [5.41, 5.74) is 1.52. The molecule has 96 valence electrons. The van der Waals surface area contributed by atoms with Crippen LogP contribution in [0.1, 0.15) is 12.5 Å². The minimum Gasteiger partial charge on any atom is -0.496 e. The molecule has 0 radical (unpaired) electrons. The molecule has 0 unspecified atom stereocenters. The van der Waals surface area contributed by atoms with E-state index < -0.39 is 0 Å². The van der Waals surface area contributed by atoms with Crippen molar-refractivity contribution in [3.05, 3.63) is 65.0 Å². The summed E-state index contributed by atoms with van der Waals surface area (Å²) in [7, 11) is 1.45. The fourth-order valence-electron chi connectivity index (χ4n) is 1.87. The van der Waals surface area contributed by atoms with Gasteiger partial charge < -0.3 is 4.74 Å². The summed E-state index contributed by atoms with van der Waals surface area (Å²) < 4.78 is 5.16. The van der Waals surface area contributed by atoms with Gasteiger partial charge in [-0.15, -0.1) is 0 Å². The Balaban J connectivity index is 2.34. The van der Waals surface area contributed by atoms with Crippen LogP contribution in [0.3, 0.4) is 0 Å². The molecule has 0 heterocycles. The second-order valence-corrected chi connectivity index (χ2v) is 4.21. The molecule has 0 spiro atoms. The Bertz CT molecular complexity index is 604. The minimum absolute atomic E-state index is 0.104. The van der Waals surface area contributed by atoms with Crippen molar-refractivity contribution in [3.8, 4) is 0 Å². The number of ketones is 2. The molecule has 0 bridgehead atoms. The first-order chi connectivity index (χ1) is 9.13. The second kappa shape index (κ2) is 5.48. The van der Waals surface area contributed by atoms with Gasteiger partial charge in [-0.2, -0.15) is 0 Å². The number of carbonyl (C=O) groups excluding carboxylic acids is 2. The molecule has 0 aromatic heterocycles. The normalized spacial score (nSPS) is 17.9. The molecule has 2 rings (SSSR count). The van der Waals surface area contributed by atoms with E-state index in [1.807, 2.05) is 30.3 Å². The van der Waals surface area contributed by atoms with Crippen LogP contribution < -0.4 is 0 Å². The molecule has 0 fully saturated rings. The minimum atomic E-state index is -0.294. The Hall–Kier alpha value is -2.42. The van der Waals surface area contributed by atoms with Crippen molar-refractivity contribution in [2.24, 2.45) is 0 Å². The largest absolute Gasteiger partial charge is 0.496 e. The first-order valence-electron chi connectivity index (χ1n) is 5.92. The summed E-state index contributed by atoms with van der Waals surface area (Å²) >= 11 is 0. The zero-order valence-electron chi connectivity index (χ0n) is 10.8. The maximum Gasteiger partial charge on any atom is 0.196 e. The molecular formula is C16H14O3. The second-order valence-electron chi connectivity index (χ2n) is 4.21. The van der Waals surface area contributed by atoms with E-state index in [4.69, 9.17) is 4.74 Å². The first kappa shape index (κ1) is 13.0. The third kappa shape index (κ3) is 2.71. The van der Waals surface area contributed by atoms with Crippen LogP contribution in [0, 0.1) is 0 Å². The van der Waals surface area contributed by atoms with Gasteiger partial charge in [0.05, 0.1) is 7.11 Å². The molecule has 0 atom stereocenters. The third-order valence-corrected chi connectivity index (χ3v) is 2.87. The Morgan fingerprint density at radius 3 is 2.37 bits per heavy atom. The summed E-state index contributed by atoms with van der Waals surface area (Å²) in [6, 6.07) is 9.60. The number of rotatable bonds is 3. The van der Waals surface area contributed by atoms with Crippen molar-refractivity contribution < 1.29 is 14.3 Å². The molecule has 0 aliphatic heterocycles. The Morgan fingerprint density at radius 1 is 1.16 bits per heavy atom. The molecule has 0 saturated heterocycles. The molecule has 0 N–H and O–H groups in total. The van der Waals surface area contributed by atoms with Crippen molar-refractivity contribution in [2.45, 2.75) is 6.92 Å². The van der Waals surface area contributed by atoms with E-state index in [1.54, 1.807) is 19.1 Å². The predicted molar refractivity (Wildman–Crippen MR) is 73.3 cm³/mol. The monoisotopic (exact) mass is 254 g/mol. The quantitative estimate of drug-likeness (QED) is 0.473. The van der Waals surface area contributed by atoms with Gasteiger partial charge in [0.15, 0.2) is 11.6 Å². The SMILES string of the molecule is COC(C=Cc1ccccc1)=C1C(=O)C=C(C)C1=O. The fourth-order valence-corrected chi connectivity index (χ4v) is 1.87. The number of methoxy groups -OCH3 is 1. The summed E-state index contributed by atoms with van der Waals surface area (Å²) in [6.45, 7) is 1.63. The maximum atomic E-state index is 11.9. The van der Waals surface area contributed by atoms with Crippen molar-refractivity contribution >= 4 is 17.6 Å². The van der Waals surface area contributed by atoms with Crippen LogP contribution in [0.25, 0.3) is 6.08 Å². The molecule has 1 aliphatic carbocycles. The lowest BCUT2D eigenvalue weighted by Gasteiger charge is -2.04. The van der Waals surface area contributed by atoms with Crippen LogP contribution in [0.5, 0.6) is 0 Å². The zero-order chi connectivity index (χ0) is 13.8. The Morgan fingerprint density at radius 2 is 1.84 bits per heavy atom. The highest BCUT2D eigenvalue weighted by Gasteiger charge is 2.28. The number of hydrogen-bond donors (Lipinski definition) is 0. The topological polar surface area (TPSA) is 43.4 Å². The Labute approximate surface area is 111 Å². The molecule has 3 heteroatoms. The van der Waals surface area contributed by atoms with Gasteiger partial charge in [-0.3, -0.25) is 9.59 Å². The molecule has 1 aliphatic rings. The van der Waals surface area contributed by atoms with E-state index in [2.05, 4.69) is 0 Å². The summed E-state index contributed by atoms with van der Waals surface area (Å²) in [6.07, 6.45) is 4.79. The highest BCUT2D eigenvalue weighted by molar-refractivity contribution is 6.36. The molecule has 1 aromatic carbocycles. The number of benzene rings is 1. The molecule has 3 nitrogen and oxygen atoms in total. The van der Waals surface area contributed by atoms with Gasteiger partial charge in [0.1, 0.15) is 11.3 Å². The third-order valence-electron chi connectivity index (χ3n) is 2.87. The number of ether oxygens (including phenoxy) is 1. The van der Waals surface area contributed by atoms with E-state index in [-0.39, 0.29) is 17.1 Å². The molecule has 0 saturated carbocycles. The van der Waals surface area contributed by atoms with Gasteiger partial charge in [-0.05, 0) is 24.6 Å². The van der Waals surface area contributed by atoms with E-state index in [1.165, 1.54) is 13.2 Å². The van der Waals surface area contributed by atoms with E-state index in [0.717, 1.165) is 5.56 Å². The number of carbonyl (C=O) groups is 2. The molecule has 1 aromatic rings. The predicted octanol–water partition coefficient (Wildman–Crippen LogP) is 2.70. The highest BCUT2D eigenvalue weighted by Crippen LogP contribution is 2.22. The van der Waals surface area contributed by atoms with Crippen LogP contribution >= 0.6 is 0 Å². The van der Waals surface area contributed by atoms with Crippen LogP contribution in [0.2, 0.25) is 0 Å². The maximum absolute atomic E-state index is 11.9. The number of Topliss-reactive ketones (excluding diaryl/α,β-unsaturated/α-hetero) is 1. The number of hydrogen-bond acceptors (Lipinski definition) is 3. The molecule has 19 heavy (non-hydrogen) atoms. The average molecular weight is 254 g/mol. The van der Waals surface area contributed by atoms with Gasteiger partial charge in [0.2, 0.25) is 0 Å². The van der Waals surface area contributed by atoms with E-state index in [0.29, 0.717) is 11.3 Å². The number of allylic oxidation sites excluding steroid dienone is 4. The lowest BCUT2D eigenvalue weighted by molar-refractivity contribution is -0.116. The van der Waals surface area contributed by atoms with Crippen LogP contribution in [-0.4, -0.2) is 18.7 Å². The smallest absolute Gasteiger partial charge is 0.196 e. The van der Waals surface area contributed by atoms with Crippen molar-refractivity contribution in [3.63, 3.8) is 0 Å². The standard InChI is InChI=1S/C16H14O3/c1-11-10-13(17)15(16(11)18)14(19-2)9-8-12-6-4-3-5-7-12/h3-10H,1-2H3. The zero-order valence-corrected chi connectivity index (χ0v) is 10.8. The van der Waals surface area contributed by atoms with Crippen molar-refractivity contribution in [1.29, 1.82) is 0 Å². The van der Waals surface area contributed by atoms with E-state index >= 15 is 0 Å². The van der Waals surface area contributed by atoms with Crippen LogP contribution in [-0.2, 0) is 14.3 Å². The van der Waals surface area contributed by atoms with Crippen molar-refractivity contribution in [2.75, 3.05) is 7.11 Å². The first-order valence-corrected chi connectivity index (χ1v) is 5.92. The van der Waals surface area contributed by atoms with Gasteiger partial charge in [0, 0.05) is 5.57 Å².